The van der Waals surface area contributed by atoms with Gasteiger partial charge in [0.05, 0.1) is 6.04 Å². The molecular formula is C13H15NOS2. The van der Waals surface area contributed by atoms with Gasteiger partial charge < -0.3 is 5.32 Å². The smallest absolute Gasteiger partial charge is 0.0532 e. The molecule has 2 nitrogen and oxygen atoms in total. The Bertz CT molecular complexity index is 516. The Morgan fingerprint density at radius 3 is 3.12 bits per heavy atom. The molecule has 1 saturated heterocycles. The Balaban J connectivity index is 1.94. The van der Waals surface area contributed by atoms with E-state index in [-0.39, 0.29) is 6.04 Å². The molecule has 17 heavy (non-hydrogen) atoms. The van der Waals surface area contributed by atoms with E-state index in [9.17, 15) is 4.21 Å². The summed E-state index contributed by atoms with van der Waals surface area (Å²) >= 11 is 1.82. The highest BCUT2D eigenvalue weighted by Crippen LogP contribution is 2.30. The normalized spacial score (nSPS) is 25.9. The van der Waals surface area contributed by atoms with Gasteiger partial charge >= 0.3 is 0 Å². The standard InChI is InChI=1S/C13H15NOS2/c15-17-7-3-6-14-11(9-17)13-8-10-4-1-2-5-12(10)16-13/h1-2,4-5,8,11,14H,3,6-7,9H2. The van der Waals surface area contributed by atoms with Crippen LogP contribution in [-0.4, -0.2) is 22.3 Å². The molecule has 1 aliphatic rings. The summed E-state index contributed by atoms with van der Waals surface area (Å²) in [6, 6.07) is 10.9. The Hall–Kier alpha value is -0.710. The van der Waals surface area contributed by atoms with Crippen LogP contribution in [0.3, 0.4) is 0 Å². The number of nitrogens with one attached hydrogen (secondary N) is 1. The van der Waals surface area contributed by atoms with Crippen LogP contribution in [0.1, 0.15) is 17.3 Å². The molecule has 2 heterocycles. The molecule has 0 amide bonds. The van der Waals surface area contributed by atoms with Gasteiger partial charge in [0.25, 0.3) is 0 Å². The Morgan fingerprint density at radius 2 is 2.24 bits per heavy atom. The van der Waals surface area contributed by atoms with Gasteiger partial charge in [-0.15, -0.1) is 11.3 Å². The molecule has 4 heteroatoms. The van der Waals surface area contributed by atoms with Gasteiger partial charge in [-0.2, -0.15) is 0 Å². The largest absolute Gasteiger partial charge is 0.308 e. The lowest BCUT2D eigenvalue weighted by atomic mass is 10.2. The third-order valence-electron chi connectivity index (χ3n) is 3.08. The molecular weight excluding hydrogens is 250 g/mol. The van der Waals surface area contributed by atoms with Gasteiger partial charge in [-0.25, -0.2) is 0 Å². The van der Waals surface area contributed by atoms with Crippen molar-refractivity contribution in [2.45, 2.75) is 12.5 Å². The lowest BCUT2D eigenvalue weighted by Gasteiger charge is -2.12. The van der Waals surface area contributed by atoms with Crippen LogP contribution in [0, 0.1) is 0 Å². The zero-order valence-corrected chi connectivity index (χ0v) is 11.2. The van der Waals surface area contributed by atoms with Crippen molar-refractivity contribution in [1.82, 2.24) is 5.32 Å². The predicted molar refractivity (Wildman–Crippen MR) is 75.1 cm³/mol. The second kappa shape index (κ2) is 4.88. The molecule has 0 spiro atoms. The molecule has 90 valence electrons. The van der Waals surface area contributed by atoms with Gasteiger partial charge in [0.2, 0.25) is 0 Å². The Morgan fingerprint density at radius 1 is 1.35 bits per heavy atom. The van der Waals surface area contributed by atoms with Crippen molar-refractivity contribution < 1.29 is 4.21 Å². The number of rotatable bonds is 1. The summed E-state index contributed by atoms with van der Waals surface area (Å²) in [6.07, 6.45) is 1.02. The second-order valence-electron chi connectivity index (χ2n) is 4.36. The second-order valence-corrected chi connectivity index (χ2v) is 7.09. The van der Waals surface area contributed by atoms with Crippen molar-refractivity contribution in [2.75, 3.05) is 18.1 Å². The van der Waals surface area contributed by atoms with Crippen LogP contribution in [0.25, 0.3) is 10.1 Å². The fourth-order valence-electron chi connectivity index (χ4n) is 2.19. The topological polar surface area (TPSA) is 29.1 Å². The number of hydrogen-bond donors (Lipinski definition) is 1. The highest BCUT2D eigenvalue weighted by Gasteiger charge is 2.19. The van der Waals surface area contributed by atoms with Crippen LogP contribution < -0.4 is 5.32 Å². The van der Waals surface area contributed by atoms with Gasteiger partial charge in [0.15, 0.2) is 0 Å². The SMILES string of the molecule is O=S1CCCNC(c2cc3ccccc3s2)C1. The molecule has 0 bridgehead atoms. The molecule has 1 aromatic heterocycles. The maximum absolute atomic E-state index is 11.8. The highest BCUT2D eigenvalue weighted by atomic mass is 32.2. The number of benzene rings is 1. The Labute approximate surface area is 107 Å². The van der Waals surface area contributed by atoms with Crippen molar-refractivity contribution in [3.05, 3.63) is 35.2 Å². The first-order valence-corrected chi connectivity index (χ1v) is 8.20. The van der Waals surface area contributed by atoms with Crippen LogP contribution in [0.2, 0.25) is 0 Å². The van der Waals surface area contributed by atoms with E-state index in [0.29, 0.717) is 0 Å². The first-order valence-electron chi connectivity index (χ1n) is 5.90. The summed E-state index contributed by atoms with van der Waals surface area (Å²) in [5, 5.41) is 4.80. The average Bonchev–Trinajstić information content (AvgIpc) is 2.65. The first kappa shape index (κ1) is 11.4. The molecule has 2 unspecified atom stereocenters. The minimum atomic E-state index is -0.666. The van der Waals surface area contributed by atoms with E-state index >= 15 is 0 Å². The molecule has 1 aromatic carbocycles. The summed E-state index contributed by atoms with van der Waals surface area (Å²) in [6.45, 7) is 0.977. The first-order chi connectivity index (χ1) is 8.33. The summed E-state index contributed by atoms with van der Waals surface area (Å²) in [4.78, 5) is 1.32. The summed E-state index contributed by atoms with van der Waals surface area (Å²) in [5.41, 5.74) is 0. The molecule has 0 radical (unpaired) electrons. The third-order valence-corrected chi connectivity index (χ3v) is 5.76. The van der Waals surface area contributed by atoms with E-state index in [0.717, 1.165) is 24.5 Å². The zero-order chi connectivity index (χ0) is 11.7. The Kier molecular flexibility index (Phi) is 3.27. The van der Waals surface area contributed by atoms with Gasteiger partial charge in [0.1, 0.15) is 0 Å². The molecule has 0 aliphatic carbocycles. The van der Waals surface area contributed by atoms with Crippen molar-refractivity contribution >= 4 is 32.2 Å². The average molecular weight is 265 g/mol. The predicted octanol–water partition coefficient (Wildman–Crippen LogP) is 2.68. The fourth-order valence-corrected chi connectivity index (χ4v) is 4.74. The molecule has 2 aromatic rings. The van der Waals surface area contributed by atoms with Crippen molar-refractivity contribution in [1.29, 1.82) is 0 Å². The number of hydrogen-bond acceptors (Lipinski definition) is 3. The van der Waals surface area contributed by atoms with Crippen LogP contribution in [0.4, 0.5) is 0 Å². The molecule has 2 atom stereocenters. The van der Waals surface area contributed by atoms with Gasteiger partial charge in [-0.1, -0.05) is 18.2 Å². The van der Waals surface area contributed by atoms with Crippen molar-refractivity contribution in [3.8, 4) is 0 Å². The summed E-state index contributed by atoms with van der Waals surface area (Å²) in [5.74, 6) is 1.60. The number of thiophene rings is 1. The quantitative estimate of drug-likeness (QED) is 0.859. The molecule has 1 aliphatic heterocycles. The van der Waals surface area contributed by atoms with Crippen molar-refractivity contribution in [3.63, 3.8) is 0 Å². The number of fused-ring (bicyclic) bond motifs is 1. The highest BCUT2D eigenvalue weighted by molar-refractivity contribution is 7.85. The van der Waals surface area contributed by atoms with Gasteiger partial charge in [0, 0.05) is 31.9 Å². The lowest BCUT2D eigenvalue weighted by molar-refractivity contribution is 0.595. The van der Waals surface area contributed by atoms with Crippen LogP contribution >= 0.6 is 11.3 Å². The van der Waals surface area contributed by atoms with Crippen LogP contribution in [-0.2, 0) is 10.8 Å². The molecule has 1 N–H and O–H groups in total. The maximum Gasteiger partial charge on any atom is 0.0532 e. The zero-order valence-electron chi connectivity index (χ0n) is 9.52. The maximum atomic E-state index is 11.8. The van der Waals surface area contributed by atoms with E-state index in [1.807, 2.05) is 11.3 Å². The van der Waals surface area contributed by atoms with Gasteiger partial charge in [-0.3, -0.25) is 4.21 Å². The van der Waals surface area contributed by atoms with Crippen molar-refractivity contribution in [2.24, 2.45) is 0 Å². The van der Waals surface area contributed by atoms with E-state index in [1.54, 1.807) is 0 Å². The van der Waals surface area contributed by atoms with E-state index in [4.69, 9.17) is 0 Å². The monoisotopic (exact) mass is 265 g/mol. The fraction of sp³-hybridized carbons (Fsp3) is 0.385. The van der Waals surface area contributed by atoms with Gasteiger partial charge in [-0.05, 0) is 30.5 Å². The molecule has 3 rings (SSSR count). The van der Waals surface area contributed by atoms with E-state index < -0.39 is 10.8 Å². The van der Waals surface area contributed by atoms with Crippen LogP contribution in [0.5, 0.6) is 0 Å². The van der Waals surface area contributed by atoms with E-state index in [2.05, 4.69) is 35.6 Å². The van der Waals surface area contributed by atoms with E-state index in [1.165, 1.54) is 15.0 Å². The summed E-state index contributed by atoms with van der Waals surface area (Å²) < 4.78 is 13.1. The minimum Gasteiger partial charge on any atom is -0.308 e. The summed E-state index contributed by atoms with van der Waals surface area (Å²) in [7, 11) is -0.666. The third kappa shape index (κ3) is 2.44. The molecule has 0 saturated carbocycles. The van der Waals surface area contributed by atoms with Crippen LogP contribution in [0.15, 0.2) is 30.3 Å². The lowest BCUT2D eigenvalue weighted by Crippen LogP contribution is -2.22. The minimum absolute atomic E-state index is 0.274. The molecule has 1 fully saturated rings.